The lowest BCUT2D eigenvalue weighted by Gasteiger charge is -2.30. The van der Waals surface area contributed by atoms with Gasteiger partial charge in [0.05, 0.1) is 6.61 Å². The van der Waals surface area contributed by atoms with Gasteiger partial charge < -0.3 is 9.84 Å². The van der Waals surface area contributed by atoms with Crippen LogP contribution in [0.4, 0.5) is 0 Å². The van der Waals surface area contributed by atoms with Crippen molar-refractivity contribution in [2.75, 3.05) is 13.2 Å². The highest BCUT2D eigenvalue weighted by atomic mass is 16.5. The van der Waals surface area contributed by atoms with Crippen LogP contribution in [0.25, 0.3) is 0 Å². The van der Waals surface area contributed by atoms with E-state index in [2.05, 4.69) is 31.7 Å². The third-order valence-electron chi connectivity index (χ3n) is 5.54. The van der Waals surface area contributed by atoms with Crippen LogP contribution < -0.4 is 0 Å². The van der Waals surface area contributed by atoms with Gasteiger partial charge in [-0.1, -0.05) is 44.5 Å². The molecule has 0 saturated heterocycles. The molecule has 0 unspecified atom stereocenters. The summed E-state index contributed by atoms with van der Waals surface area (Å²) < 4.78 is 5.31. The minimum absolute atomic E-state index is 0.158. The molecule has 1 aliphatic rings. The van der Waals surface area contributed by atoms with Gasteiger partial charge in [0.15, 0.2) is 0 Å². The van der Waals surface area contributed by atoms with Crippen LogP contribution in [0.15, 0.2) is 30.4 Å². The Kier molecular flexibility index (Phi) is 8.37. The summed E-state index contributed by atoms with van der Waals surface area (Å²) >= 11 is 0. The highest BCUT2D eigenvalue weighted by Gasteiger charge is 2.23. The summed E-state index contributed by atoms with van der Waals surface area (Å²) in [5.74, 6) is 1.18. The lowest BCUT2D eigenvalue weighted by molar-refractivity contribution is -0.138. The smallest absolute Gasteiger partial charge is 0.333 e. The average molecular weight is 359 g/mol. The van der Waals surface area contributed by atoms with E-state index in [0.29, 0.717) is 24.5 Å². The number of rotatable bonds is 9. The van der Waals surface area contributed by atoms with E-state index < -0.39 is 0 Å². The number of hydrogen-bond donors (Lipinski definition) is 1. The lowest BCUT2D eigenvalue weighted by atomic mass is 9.75. The first-order chi connectivity index (χ1) is 12.5. The van der Waals surface area contributed by atoms with Gasteiger partial charge in [0.25, 0.3) is 0 Å². The molecule has 0 aromatic heterocycles. The zero-order valence-corrected chi connectivity index (χ0v) is 16.4. The zero-order chi connectivity index (χ0) is 18.9. The molecule has 0 amide bonds. The second-order valence-corrected chi connectivity index (χ2v) is 7.68. The van der Waals surface area contributed by atoms with Crippen molar-refractivity contribution in [3.05, 3.63) is 47.0 Å². The van der Waals surface area contributed by atoms with Gasteiger partial charge in [0, 0.05) is 18.6 Å². The summed E-state index contributed by atoms with van der Waals surface area (Å²) in [5, 5.41) is 9.24. The van der Waals surface area contributed by atoms with Crippen LogP contribution in [0, 0.1) is 5.92 Å². The van der Waals surface area contributed by atoms with Gasteiger partial charge in [-0.3, -0.25) is 0 Å². The van der Waals surface area contributed by atoms with E-state index in [-0.39, 0.29) is 12.6 Å². The normalized spacial score (nSPS) is 20.0. The molecular formula is C23H34O3. The van der Waals surface area contributed by atoms with Gasteiger partial charge >= 0.3 is 5.97 Å². The predicted octanol–water partition coefficient (Wildman–Crippen LogP) is 4.96. The molecule has 3 heteroatoms. The Labute approximate surface area is 158 Å². The first-order valence-electron chi connectivity index (χ1n) is 10.1. The molecule has 0 spiro atoms. The summed E-state index contributed by atoms with van der Waals surface area (Å²) in [6.07, 6.45) is 9.17. The molecule has 3 nitrogen and oxygen atoms in total. The number of ether oxygens (including phenoxy) is 1. The van der Waals surface area contributed by atoms with E-state index in [4.69, 9.17) is 4.74 Å². The van der Waals surface area contributed by atoms with Gasteiger partial charge in [0.1, 0.15) is 0 Å². The van der Waals surface area contributed by atoms with Crippen molar-refractivity contribution in [1.29, 1.82) is 0 Å². The highest BCUT2D eigenvalue weighted by molar-refractivity contribution is 5.86. The molecule has 0 radical (unpaired) electrons. The van der Waals surface area contributed by atoms with Crippen LogP contribution in [-0.2, 0) is 22.4 Å². The molecule has 0 aliphatic heterocycles. The Morgan fingerprint density at radius 3 is 2.58 bits per heavy atom. The van der Waals surface area contributed by atoms with Crippen LogP contribution in [-0.4, -0.2) is 24.3 Å². The molecule has 0 heterocycles. The van der Waals surface area contributed by atoms with Gasteiger partial charge in [-0.05, 0) is 67.6 Å². The Hall–Kier alpha value is -1.61. The average Bonchev–Trinajstić information content (AvgIpc) is 2.63. The number of carbonyl (C=O) groups is 1. The Bertz CT molecular complexity index is 597. The fourth-order valence-electron chi connectivity index (χ4n) is 4.11. The summed E-state index contributed by atoms with van der Waals surface area (Å²) in [4.78, 5) is 11.6. The van der Waals surface area contributed by atoms with Gasteiger partial charge in [-0.2, -0.15) is 0 Å². The fraction of sp³-hybridized carbons (Fsp3) is 0.609. The van der Waals surface area contributed by atoms with E-state index in [9.17, 15) is 9.90 Å². The minimum atomic E-state index is -0.321. The predicted molar refractivity (Wildman–Crippen MR) is 106 cm³/mol. The fourth-order valence-corrected chi connectivity index (χ4v) is 4.11. The second-order valence-electron chi connectivity index (χ2n) is 7.68. The van der Waals surface area contributed by atoms with Crippen molar-refractivity contribution in [2.45, 2.75) is 71.1 Å². The van der Waals surface area contributed by atoms with Gasteiger partial charge in [-0.25, -0.2) is 4.79 Å². The number of esters is 1. The molecule has 0 bridgehead atoms. The van der Waals surface area contributed by atoms with Crippen LogP contribution in [0.3, 0.4) is 0 Å². The number of carbonyl (C=O) groups excluding carboxylic acids is 1. The van der Waals surface area contributed by atoms with Crippen LogP contribution >= 0.6 is 0 Å². The third-order valence-corrected chi connectivity index (χ3v) is 5.54. The first kappa shape index (κ1) is 20.7. The van der Waals surface area contributed by atoms with Crippen molar-refractivity contribution in [3.8, 4) is 0 Å². The molecule has 1 fully saturated rings. The molecule has 1 N–H and O–H groups in total. The largest absolute Gasteiger partial charge is 0.462 e. The SMILES string of the molecule is C=C(C)C(=O)OCCc1cc(CCO)ccc1C1CCC(CCC)CC1. The lowest BCUT2D eigenvalue weighted by Crippen LogP contribution is -2.16. The topological polar surface area (TPSA) is 46.5 Å². The number of benzene rings is 1. The Balaban J connectivity index is 2.06. The maximum atomic E-state index is 11.6. The Morgan fingerprint density at radius 1 is 1.23 bits per heavy atom. The minimum Gasteiger partial charge on any atom is -0.462 e. The van der Waals surface area contributed by atoms with Crippen molar-refractivity contribution in [1.82, 2.24) is 0 Å². The molecule has 1 aromatic rings. The summed E-state index contributed by atoms with van der Waals surface area (Å²) in [7, 11) is 0. The molecule has 1 saturated carbocycles. The third kappa shape index (κ3) is 5.98. The second kappa shape index (κ2) is 10.5. The molecular weight excluding hydrogens is 324 g/mol. The maximum absolute atomic E-state index is 11.6. The number of aliphatic hydroxyl groups excluding tert-OH is 1. The van der Waals surface area contributed by atoms with E-state index in [0.717, 1.165) is 17.9 Å². The van der Waals surface area contributed by atoms with E-state index in [1.54, 1.807) is 6.92 Å². The van der Waals surface area contributed by atoms with Gasteiger partial charge in [-0.15, -0.1) is 0 Å². The van der Waals surface area contributed by atoms with Crippen molar-refractivity contribution < 1.29 is 14.6 Å². The van der Waals surface area contributed by atoms with Crippen LogP contribution in [0.1, 0.15) is 75.0 Å². The number of hydrogen-bond acceptors (Lipinski definition) is 3. The molecule has 0 atom stereocenters. The molecule has 1 aromatic carbocycles. The highest BCUT2D eigenvalue weighted by Crippen LogP contribution is 2.39. The van der Waals surface area contributed by atoms with E-state index >= 15 is 0 Å². The van der Waals surface area contributed by atoms with Crippen molar-refractivity contribution >= 4 is 5.97 Å². The van der Waals surface area contributed by atoms with Crippen molar-refractivity contribution in [3.63, 3.8) is 0 Å². The molecule has 1 aliphatic carbocycles. The van der Waals surface area contributed by atoms with Gasteiger partial charge in [0.2, 0.25) is 0 Å². The molecule has 26 heavy (non-hydrogen) atoms. The summed E-state index contributed by atoms with van der Waals surface area (Å²) in [6.45, 7) is 8.11. The standard InChI is InChI=1S/C23H34O3/c1-4-5-18-6-9-20(10-7-18)22-11-8-19(12-14-24)16-21(22)13-15-26-23(25)17(2)3/h8,11,16,18,20,24H,2,4-7,9-10,12-15H2,1,3H3. The monoisotopic (exact) mass is 358 g/mol. The van der Waals surface area contributed by atoms with Crippen LogP contribution in [0.5, 0.6) is 0 Å². The Morgan fingerprint density at radius 2 is 1.96 bits per heavy atom. The van der Waals surface area contributed by atoms with E-state index in [1.165, 1.54) is 49.7 Å². The zero-order valence-electron chi connectivity index (χ0n) is 16.4. The molecule has 2 rings (SSSR count). The molecule has 144 valence electrons. The summed E-state index contributed by atoms with van der Waals surface area (Å²) in [6, 6.07) is 6.58. The van der Waals surface area contributed by atoms with E-state index in [1.807, 2.05) is 0 Å². The maximum Gasteiger partial charge on any atom is 0.333 e. The summed E-state index contributed by atoms with van der Waals surface area (Å²) in [5.41, 5.74) is 4.27. The quantitative estimate of drug-likeness (QED) is 0.501. The van der Waals surface area contributed by atoms with Crippen molar-refractivity contribution in [2.24, 2.45) is 5.92 Å². The van der Waals surface area contributed by atoms with Crippen LogP contribution in [0.2, 0.25) is 0 Å². The first-order valence-corrected chi connectivity index (χ1v) is 10.1. The number of aliphatic hydroxyl groups is 1.